The first-order chi connectivity index (χ1) is 10.1. The summed E-state index contributed by atoms with van der Waals surface area (Å²) < 4.78 is 2.66. The van der Waals surface area contributed by atoms with Crippen molar-refractivity contribution < 1.29 is 4.79 Å². The Morgan fingerprint density at radius 2 is 2.18 bits per heavy atom. The van der Waals surface area contributed by atoms with Crippen LogP contribution in [-0.2, 0) is 0 Å². The molecule has 5 nitrogen and oxygen atoms in total. The van der Waals surface area contributed by atoms with Crippen molar-refractivity contribution in [3.8, 4) is 5.69 Å². The molecule has 120 valence electrons. The van der Waals surface area contributed by atoms with Gasteiger partial charge in [0, 0.05) is 23.3 Å². The Kier molecular flexibility index (Phi) is 7.58. The first kappa shape index (κ1) is 18.7. The Bertz CT molecular complexity index is 617. The maximum atomic E-state index is 12.0. The van der Waals surface area contributed by atoms with E-state index in [1.54, 1.807) is 16.9 Å². The SMILES string of the molecule is CCN[C@H](C)CNC(=O)c1ccn(-c2cccc(Br)c2)n1.Cl. The summed E-state index contributed by atoms with van der Waals surface area (Å²) in [7, 11) is 0. The van der Waals surface area contributed by atoms with E-state index in [2.05, 4.69) is 31.7 Å². The molecule has 1 aromatic heterocycles. The van der Waals surface area contributed by atoms with E-state index in [4.69, 9.17) is 0 Å². The van der Waals surface area contributed by atoms with Gasteiger partial charge in [0.25, 0.3) is 5.91 Å². The van der Waals surface area contributed by atoms with Crippen LogP contribution in [0.1, 0.15) is 24.3 Å². The monoisotopic (exact) mass is 386 g/mol. The van der Waals surface area contributed by atoms with E-state index in [1.165, 1.54) is 0 Å². The second kappa shape index (κ2) is 8.92. The van der Waals surface area contributed by atoms with Crippen molar-refractivity contribution in [2.75, 3.05) is 13.1 Å². The number of carbonyl (C=O) groups excluding carboxylic acids is 1. The molecule has 1 heterocycles. The molecule has 2 N–H and O–H groups in total. The predicted molar refractivity (Wildman–Crippen MR) is 94.0 cm³/mol. The quantitative estimate of drug-likeness (QED) is 0.801. The third-order valence-corrected chi connectivity index (χ3v) is 3.51. The lowest BCUT2D eigenvalue weighted by atomic mass is 10.3. The van der Waals surface area contributed by atoms with Crippen LogP contribution in [0.2, 0.25) is 0 Å². The number of nitrogens with one attached hydrogen (secondary N) is 2. The van der Waals surface area contributed by atoms with Gasteiger partial charge in [-0.1, -0.05) is 28.9 Å². The van der Waals surface area contributed by atoms with Crippen LogP contribution in [0.5, 0.6) is 0 Å². The Hall–Kier alpha value is -1.37. The molecule has 2 aromatic rings. The third kappa shape index (κ3) is 5.12. The molecule has 0 spiro atoms. The minimum atomic E-state index is -0.159. The average Bonchev–Trinajstić information content (AvgIpc) is 2.95. The molecule has 0 saturated heterocycles. The topological polar surface area (TPSA) is 58.9 Å². The zero-order chi connectivity index (χ0) is 15.2. The van der Waals surface area contributed by atoms with Crippen molar-refractivity contribution >= 4 is 34.2 Å². The van der Waals surface area contributed by atoms with Crippen molar-refractivity contribution in [1.82, 2.24) is 20.4 Å². The Morgan fingerprint density at radius 3 is 2.86 bits per heavy atom. The molecule has 0 radical (unpaired) electrons. The van der Waals surface area contributed by atoms with Gasteiger partial charge in [0.15, 0.2) is 5.69 Å². The second-order valence-corrected chi connectivity index (χ2v) is 5.71. The van der Waals surface area contributed by atoms with Crippen LogP contribution in [0.15, 0.2) is 41.0 Å². The molecule has 1 aromatic carbocycles. The summed E-state index contributed by atoms with van der Waals surface area (Å²) in [6.07, 6.45) is 1.78. The number of aromatic nitrogens is 2. The van der Waals surface area contributed by atoms with Gasteiger partial charge in [-0.3, -0.25) is 4.79 Å². The maximum Gasteiger partial charge on any atom is 0.271 e. The second-order valence-electron chi connectivity index (χ2n) is 4.79. The Morgan fingerprint density at radius 1 is 1.41 bits per heavy atom. The first-order valence-electron chi connectivity index (χ1n) is 6.93. The van der Waals surface area contributed by atoms with E-state index in [1.807, 2.05) is 38.1 Å². The van der Waals surface area contributed by atoms with E-state index in [0.717, 1.165) is 16.7 Å². The molecule has 1 amide bonds. The van der Waals surface area contributed by atoms with Crippen LogP contribution in [0, 0.1) is 0 Å². The van der Waals surface area contributed by atoms with E-state index in [9.17, 15) is 4.79 Å². The van der Waals surface area contributed by atoms with E-state index in [-0.39, 0.29) is 24.4 Å². The molecular formula is C15H20BrClN4O. The van der Waals surface area contributed by atoms with Gasteiger partial charge in [-0.2, -0.15) is 5.10 Å². The normalized spacial score (nSPS) is 11.6. The van der Waals surface area contributed by atoms with Crippen LogP contribution in [0.4, 0.5) is 0 Å². The fraction of sp³-hybridized carbons (Fsp3) is 0.333. The van der Waals surface area contributed by atoms with Crippen LogP contribution in [-0.4, -0.2) is 34.8 Å². The molecule has 2 rings (SSSR count). The molecule has 7 heteroatoms. The van der Waals surface area contributed by atoms with Crippen molar-refractivity contribution in [2.45, 2.75) is 19.9 Å². The van der Waals surface area contributed by atoms with Gasteiger partial charge in [0.1, 0.15) is 0 Å². The Balaban J connectivity index is 0.00000242. The van der Waals surface area contributed by atoms with E-state index in [0.29, 0.717) is 12.2 Å². The summed E-state index contributed by atoms with van der Waals surface area (Å²) in [5.74, 6) is -0.159. The van der Waals surface area contributed by atoms with Crippen LogP contribution >= 0.6 is 28.3 Å². The highest BCUT2D eigenvalue weighted by molar-refractivity contribution is 9.10. The van der Waals surface area contributed by atoms with Gasteiger partial charge < -0.3 is 10.6 Å². The summed E-state index contributed by atoms with van der Waals surface area (Å²) in [5, 5.41) is 10.4. The lowest BCUT2D eigenvalue weighted by Gasteiger charge is -2.12. The van der Waals surface area contributed by atoms with Crippen molar-refractivity contribution in [3.63, 3.8) is 0 Å². The fourth-order valence-corrected chi connectivity index (χ4v) is 2.35. The number of hydrogen-bond donors (Lipinski definition) is 2. The molecule has 22 heavy (non-hydrogen) atoms. The zero-order valence-corrected chi connectivity index (χ0v) is 14.9. The number of carbonyl (C=O) groups is 1. The highest BCUT2D eigenvalue weighted by atomic mass is 79.9. The van der Waals surface area contributed by atoms with Gasteiger partial charge in [-0.25, -0.2) is 4.68 Å². The van der Waals surface area contributed by atoms with Crippen molar-refractivity contribution in [1.29, 1.82) is 0 Å². The van der Waals surface area contributed by atoms with Gasteiger partial charge in [-0.15, -0.1) is 12.4 Å². The lowest BCUT2D eigenvalue weighted by Crippen LogP contribution is -2.38. The number of hydrogen-bond acceptors (Lipinski definition) is 3. The number of halogens is 2. The van der Waals surface area contributed by atoms with Gasteiger partial charge in [0.05, 0.1) is 5.69 Å². The molecule has 0 aliphatic carbocycles. The predicted octanol–water partition coefficient (Wildman–Crippen LogP) is 2.78. The van der Waals surface area contributed by atoms with E-state index >= 15 is 0 Å². The molecule has 1 atom stereocenters. The van der Waals surface area contributed by atoms with Crippen molar-refractivity contribution in [3.05, 3.63) is 46.7 Å². The maximum absolute atomic E-state index is 12.0. The first-order valence-corrected chi connectivity index (χ1v) is 7.72. The standard InChI is InChI=1S/C15H19BrN4O.ClH/c1-3-17-11(2)10-18-15(21)14-7-8-20(19-14)13-6-4-5-12(16)9-13;/h4-9,11,17H,3,10H2,1-2H3,(H,18,21);1H/t11-;/m1./s1. The van der Waals surface area contributed by atoms with Gasteiger partial charge in [0.2, 0.25) is 0 Å². The summed E-state index contributed by atoms with van der Waals surface area (Å²) in [4.78, 5) is 12.0. The fourth-order valence-electron chi connectivity index (χ4n) is 1.96. The molecule has 0 aliphatic heterocycles. The number of likely N-dealkylation sites (N-methyl/N-ethyl adjacent to an activating group) is 1. The third-order valence-electron chi connectivity index (χ3n) is 3.02. The molecule has 0 saturated carbocycles. The number of amides is 1. The van der Waals surface area contributed by atoms with Gasteiger partial charge >= 0.3 is 0 Å². The summed E-state index contributed by atoms with van der Waals surface area (Å²) in [5.41, 5.74) is 1.32. The van der Waals surface area contributed by atoms with Gasteiger partial charge in [-0.05, 0) is 37.7 Å². The van der Waals surface area contributed by atoms with E-state index < -0.39 is 0 Å². The summed E-state index contributed by atoms with van der Waals surface area (Å²) in [6, 6.07) is 9.72. The number of nitrogens with zero attached hydrogens (tertiary/aromatic N) is 2. The van der Waals surface area contributed by atoms with Crippen LogP contribution < -0.4 is 10.6 Å². The zero-order valence-electron chi connectivity index (χ0n) is 12.5. The average molecular weight is 388 g/mol. The van der Waals surface area contributed by atoms with Crippen LogP contribution in [0.3, 0.4) is 0 Å². The molecule has 0 unspecified atom stereocenters. The molecular weight excluding hydrogens is 368 g/mol. The molecule has 0 fully saturated rings. The lowest BCUT2D eigenvalue weighted by molar-refractivity contribution is 0.0945. The van der Waals surface area contributed by atoms with Crippen molar-refractivity contribution in [2.24, 2.45) is 0 Å². The minimum absolute atomic E-state index is 0. The number of benzene rings is 1. The largest absolute Gasteiger partial charge is 0.349 e. The minimum Gasteiger partial charge on any atom is -0.349 e. The molecule has 0 bridgehead atoms. The van der Waals surface area contributed by atoms with Crippen LogP contribution in [0.25, 0.3) is 5.69 Å². The summed E-state index contributed by atoms with van der Waals surface area (Å²) >= 11 is 3.42. The highest BCUT2D eigenvalue weighted by Crippen LogP contribution is 2.15. The highest BCUT2D eigenvalue weighted by Gasteiger charge is 2.11. The smallest absolute Gasteiger partial charge is 0.271 e. The Labute approximate surface area is 145 Å². The summed E-state index contributed by atoms with van der Waals surface area (Å²) in [6.45, 7) is 5.53. The molecule has 0 aliphatic rings. The number of rotatable bonds is 6.